The van der Waals surface area contributed by atoms with Crippen molar-refractivity contribution < 1.29 is 14.3 Å². The number of hydrogen-bond donors (Lipinski definition) is 1. The van der Waals surface area contributed by atoms with Gasteiger partial charge < -0.3 is 19.9 Å². The van der Waals surface area contributed by atoms with E-state index in [9.17, 15) is 9.59 Å². The fourth-order valence-electron chi connectivity index (χ4n) is 3.46. The number of piperazine rings is 1. The molecule has 0 bridgehead atoms. The summed E-state index contributed by atoms with van der Waals surface area (Å²) < 4.78 is 5.63. The highest BCUT2D eigenvalue weighted by molar-refractivity contribution is 6.31. The van der Waals surface area contributed by atoms with Gasteiger partial charge in [-0.15, -0.1) is 0 Å². The van der Waals surface area contributed by atoms with Gasteiger partial charge in [0.05, 0.1) is 17.5 Å². The van der Waals surface area contributed by atoms with E-state index in [1.54, 1.807) is 30.3 Å². The van der Waals surface area contributed by atoms with Gasteiger partial charge in [-0.25, -0.2) is 0 Å². The van der Waals surface area contributed by atoms with Crippen molar-refractivity contribution in [3.05, 3.63) is 53.1 Å². The minimum absolute atomic E-state index is 0.0757. The maximum Gasteiger partial charge on any atom is 0.255 e. The summed E-state index contributed by atoms with van der Waals surface area (Å²) in [4.78, 5) is 28.8. The fourth-order valence-corrected chi connectivity index (χ4v) is 3.63. The number of hydrogen-bond acceptors (Lipinski definition) is 4. The second-order valence-corrected chi connectivity index (χ2v) is 7.96. The van der Waals surface area contributed by atoms with Gasteiger partial charge in [-0.05, 0) is 56.3 Å². The predicted octanol–water partition coefficient (Wildman–Crippen LogP) is 4.44. The lowest BCUT2D eigenvalue weighted by molar-refractivity contribution is -0.131. The van der Waals surface area contributed by atoms with Crippen LogP contribution in [-0.4, -0.2) is 49.0 Å². The van der Waals surface area contributed by atoms with E-state index in [0.717, 1.165) is 11.4 Å². The highest BCUT2D eigenvalue weighted by Crippen LogP contribution is 2.30. The van der Waals surface area contributed by atoms with Crippen LogP contribution in [0.2, 0.25) is 5.02 Å². The molecule has 1 aliphatic rings. The normalized spacial score (nSPS) is 14.0. The number of carbonyl (C=O) groups excluding carboxylic acids is 2. The van der Waals surface area contributed by atoms with Crippen LogP contribution in [0.25, 0.3) is 0 Å². The highest BCUT2D eigenvalue weighted by atomic mass is 35.5. The average Bonchev–Trinajstić information content (AvgIpc) is 2.73. The van der Waals surface area contributed by atoms with Gasteiger partial charge in [0.15, 0.2) is 0 Å². The molecule has 0 atom stereocenters. The molecule has 160 valence electrons. The second kappa shape index (κ2) is 9.85. The molecule has 7 heteroatoms. The van der Waals surface area contributed by atoms with Gasteiger partial charge >= 0.3 is 0 Å². The smallest absolute Gasteiger partial charge is 0.255 e. The lowest BCUT2D eigenvalue weighted by atomic mass is 10.1. The molecular formula is C23H28ClN3O3. The third-order valence-corrected chi connectivity index (χ3v) is 5.21. The van der Waals surface area contributed by atoms with E-state index in [1.165, 1.54) is 0 Å². The molecule has 3 rings (SSSR count). The third kappa shape index (κ3) is 5.45. The number of ether oxygens (including phenoxy) is 1. The predicted molar refractivity (Wildman–Crippen MR) is 121 cm³/mol. The first-order chi connectivity index (χ1) is 14.4. The molecule has 2 aromatic rings. The number of carbonyl (C=O) groups is 2. The Labute approximate surface area is 182 Å². The minimum Gasteiger partial charge on any atom is -0.491 e. The number of benzene rings is 2. The summed E-state index contributed by atoms with van der Waals surface area (Å²) in [5.74, 6) is 0.683. The number of halogens is 1. The van der Waals surface area contributed by atoms with Crippen molar-refractivity contribution in [2.45, 2.75) is 33.3 Å². The molecular weight excluding hydrogens is 402 g/mol. The number of anilines is 2. The van der Waals surface area contributed by atoms with Gasteiger partial charge in [-0.1, -0.05) is 18.5 Å². The summed E-state index contributed by atoms with van der Waals surface area (Å²) in [7, 11) is 0. The maximum absolute atomic E-state index is 12.8. The largest absolute Gasteiger partial charge is 0.491 e. The minimum atomic E-state index is -0.214. The molecule has 1 N–H and O–H groups in total. The summed E-state index contributed by atoms with van der Waals surface area (Å²) >= 11 is 6.20. The lowest BCUT2D eigenvalue weighted by Gasteiger charge is -2.37. The van der Waals surface area contributed by atoms with Gasteiger partial charge in [0.25, 0.3) is 5.91 Å². The summed E-state index contributed by atoms with van der Waals surface area (Å²) in [6.07, 6.45) is 0.593. The standard InChI is InChI=1S/C23H28ClN3O3/c1-4-22(28)27-13-11-26(12-14-27)21-10-7-18(24)15-20(21)25-23(29)17-5-8-19(9-6-17)30-16(2)3/h5-10,15-16H,4,11-14H2,1-3H3,(H,25,29). The van der Waals surface area contributed by atoms with E-state index >= 15 is 0 Å². The van der Waals surface area contributed by atoms with Crippen LogP contribution in [0.15, 0.2) is 42.5 Å². The summed E-state index contributed by atoms with van der Waals surface area (Å²) in [6, 6.07) is 12.5. The summed E-state index contributed by atoms with van der Waals surface area (Å²) in [6.45, 7) is 8.54. The van der Waals surface area contributed by atoms with Crippen LogP contribution >= 0.6 is 11.6 Å². The Morgan fingerprint density at radius 3 is 2.33 bits per heavy atom. The first-order valence-corrected chi connectivity index (χ1v) is 10.7. The summed E-state index contributed by atoms with van der Waals surface area (Å²) in [5, 5.41) is 3.53. The van der Waals surface area contributed by atoms with Crippen LogP contribution in [0.3, 0.4) is 0 Å². The monoisotopic (exact) mass is 429 g/mol. The van der Waals surface area contributed by atoms with E-state index in [-0.39, 0.29) is 17.9 Å². The van der Waals surface area contributed by atoms with Crippen LogP contribution in [0, 0.1) is 0 Å². The van der Waals surface area contributed by atoms with Crippen molar-refractivity contribution in [3.8, 4) is 5.75 Å². The lowest BCUT2D eigenvalue weighted by Crippen LogP contribution is -2.48. The van der Waals surface area contributed by atoms with Crippen LogP contribution in [0.1, 0.15) is 37.6 Å². The molecule has 0 aliphatic carbocycles. The zero-order valence-electron chi connectivity index (χ0n) is 17.7. The SMILES string of the molecule is CCC(=O)N1CCN(c2ccc(Cl)cc2NC(=O)c2ccc(OC(C)C)cc2)CC1. The highest BCUT2D eigenvalue weighted by Gasteiger charge is 2.22. The van der Waals surface area contributed by atoms with E-state index in [0.29, 0.717) is 48.9 Å². The van der Waals surface area contributed by atoms with E-state index in [2.05, 4.69) is 10.2 Å². The van der Waals surface area contributed by atoms with Crippen LogP contribution in [0.4, 0.5) is 11.4 Å². The zero-order chi connectivity index (χ0) is 21.7. The second-order valence-electron chi connectivity index (χ2n) is 7.53. The number of rotatable bonds is 6. The molecule has 1 fully saturated rings. The van der Waals surface area contributed by atoms with Crippen LogP contribution < -0.4 is 15.0 Å². The van der Waals surface area contributed by atoms with Crippen LogP contribution in [0.5, 0.6) is 5.75 Å². The molecule has 1 heterocycles. The third-order valence-electron chi connectivity index (χ3n) is 4.97. The Bertz CT molecular complexity index is 891. The molecule has 0 spiro atoms. The number of nitrogens with zero attached hydrogens (tertiary/aromatic N) is 2. The molecule has 2 amide bonds. The number of amides is 2. The molecule has 0 aromatic heterocycles. The van der Waals surface area contributed by atoms with Crippen molar-refractivity contribution in [2.24, 2.45) is 0 Å². The van der Waals surface area contributed by atoms with Gasteiger partial charge in [0.1, 0.15) is 5.75 Å². The topological polar surface area (TPSA) is 61.9 Å². The molecule has 0 unspecified atom stereocenters. The first kappa shape index (κ1) is 22.0. The van der Waals surface area contributed by atoms with E-state index in [4.69, 9.17) is 16.3 Å². The van der Waals surface area contributed by atoms with Crippen molar-refractivity contribution in [1.29, 1.82) is 0 Å². The molecule has 1 saturated heterocycles. The quantitative estimate of drug-likeness (QED) is 0.737. The average molecular weight is 430 g/mol. The Morgan fingerprint density at radius 1 is 1.07 bits per heavy atom. The Balaban J connectivity index is 1.72. The Morgan fingerprint density at radius 2 is 1.73 bits per heavy atom. The van der Waals surface area contributed by atoms with E-state index in [1.807, 2.05) is 37.8 Å². The molecule has 1 aliphatic heterocycles. The molecule has 6 nitrogen and oxygen atoms in total. The van der Waals surface area contributed by atoms with Crippen molar-refractivity contribution in [3.63, 3.8) is 0 Å². The maximum atomic E-state index is 12.8. The van der Waals surface area contributed by atoms with Gasteiger partial charge in [-0.2, -0.15) is 0 Å². The first-order valence-electron chi connectivity index (χ1n) is 10.3. The Hall–Kier alpha value is -2.73. The van der Waals surface area contributed by atoms with Gasteiger partial charge in [0.2, 0.25) is 5.91 Å². The molecule has 30 heavy (non-hydrogen) atoms. The van der Waals surface area contributed by atoms with Crippen molar-refractivity contribution in [1.82, 2.24) is 4.90 Å². The van der Waals surface area contributed by atoms with Gasteiger partial charge in [0, 0.05) is 43.2 Å². The number of nitrogens with one attached hydrogen (secondary N) is 1. The fraction of sp³-hybridized carbons (Fsp3) is 0.391. The molecule has 0 saturated carbocycles. The van der Waals surface area contributed by atoms with Crippen LogP contribution in [-0.2, 0) is 4.79 Å². The summed E-state index contributed by atoms with van der Waals surface area (Å²) in [5.41, 5.74) is 2.09. The molecule has 0 radical (unpaired) electrons. The van der Waals surface area contributed by atoms with Crippen molar-refractivity contribution in [2.75, 3.05) is 36.4 Å². The zero-order valence-corrected chi connectivity index (χ0v) is 18.4. The Kier molecular flexibility index (Phi) is 7.21. The molecule has 2 aromatic carbocycles. The van der Waals surface area contributed by atoms with Crippen molar-refractivity contribution >= 4 is 34.8 Å². The van der Waals surface area contributed by atoms with Gasteiger partial charge in [-0.3, -0.25) is 9.59 Å². The van der Waals surface area contributed by atoms with E-state index < -0.39 is 0 Å².